The van der Waals surface area contributed by atoms with Gasteiger partial charge in [0.1, 0.15) is 17.1 Å². The van der Waals surface area contributed by atoms with Gasteiger partial charge in [-0.1, -0.05) is 39.8 Å². The van der Waals surface area contributed by atoms with E-state index in [1.807, 2.05) is 32.9 Å². The van der Waals surface area contributed by atoms with Gasteiger partial charge in [-0.3, -0.25) is 35.0 Å². The van der Waals surface area contributed by atoms with Crippen molar-refractivity contribution in [3.8, 4) is 23.0 Å². The quantitative estimate of drug-likeness (QED) is 0.127. The molecule has 18 heteroatoms. The Balaban J connectivity index is 0.969. The highest BCUT2D eigenvalue weighted by Crippen LogP contribution is 2.26. The zero-order chi connectivity index (χ0) is 34.5. The number of carbonyl (C=O) groups is 3. The molecule has 0 spiro atoms. The number of H-pyrrole nitrogens is 2. The van der Waals surface area contributed by atoms with Gasteiger partial charge in [-0.25, -0.2) is 9.97 Å². The van der Waals surface area contributed by atoms with Crippen LogP contribution in [0.5, 0.6) is 0 Å². The molecule has 0 radical (unpaired) electrons. The Labute approximate surface area is 287 Å². The van der Waals surface area contributed by atoms with Gasteiger partial charge >= 0.3 is 0 Å². The molecular formula is C31H31N13O3S2. The maximum atomic E-state index is 12.9. The van der Waals surface area contributed by atoms with Gasteiger partial charge in [0, 0.05) is 34.5 Å². The topological polar surface area (TPSA) is 222 Å². The highest BCUT2D eigenvalue weighted by Gasteiger charge is 2.22. The van der Waals surface area contributed by atoms with Gasteiger partial charge in [0.15, 0.2) is 16.8 Å². The first-order chi connectivity index (χ1) is 23.5. The maximum absolute atomic E-state index is 12.9. The Bertz CT molecular complexity index is 2080. The molecular weight excluding hydrogens is 667 g/mol. The summed E-state index contributed by atoms with van der Waals surface area (Å²) >= 11 is 2.66. The molecule has 0 fully saturated rings. The lowest BCUT2D eigenvalue weighted by Gasteiger charge is -2.13. The number of aromatic nitrogens is 10. The lowest BCUT2D eigenvalue weighted by atomic mass is 9.98. The third-order valence-electron chi connectivity index (χ3n) is 6.93. The van der Waals surface area contributed by atoms with Crippen LogP contribution in [0.2, 0.25) is 0 Å². The minimum atomic E-state index is -0.389. The molecule has 5 N–H and O–H groups in total. The Kier molecular flexibility index (Phi) is 9.58. The molecule has 6 aromatic rings. The van der Waals surface area contributed by atoms with Crippen molar-refractivity contribution in [2.45, 2.75) is 46.0 Å². The van der Waals surface area contributed by atoms with E-state index in [-0.39, 0.29) is 47.4 Å². The number of rotatable bonds is 11. The summed E-state index contributed by atoms with van der Waals surface area (Å²) in [5.41, 5.74) is 2.63. The Hall–Kier alpha value is -5.75. The molecule has 6 aromatic heterocycles. The molecule has 3 amide bonds. The molecule has 16 nitrogen and oxygen atoms in total. The minimum Gasteiger partial charge on any atom is -0.306 e. The fraction of sp³-hybridized carbons (Fsp3) is 0.258. The van der Waals surface area contributed by atoms with Crippen LogP contribution in [0, 0.1) is 5.92 Å². The maximum Gasteiger partial charge on any atom is 0.277 e. The number of nitrogens with zero attached hydrogens (tertiary/aromatic N) is 8. The summed E-state index contributed by atoms with van der Waals surface area (Å²) in [6.07, 6.45) is 3.72. The van der Waals surface area contributed by atoms with E-state index >= 15 is 0 Å². The fourth-order valence-electron chi connectivity index (χ4n) is 4.41. The van der Waals surface area contributed by atoms with Crippen LogP contribution in [-0.2, 0) is 27.8 Å². The van der Waals surface area contributed by atoms with E-state index in [4.69, 9.17) is 0 Å². The van der Waals surface area contributed by atoms with Crippen LogP contribution in [0.25, 0.3) is 23.0 Å². The van der Waals surface area contributed by atoms with Crippen LogP contribution < -0.4 is 16.0 Å². The second-order valence-corrected chi connectivity index (χ2v) is 13.7. The Morgan fingerprint density at radius 1 is 0.837 bits per heavy atom. The van der Waals surface area contributed by atoms with Gasteiger partial charge in [0.2, 0.25) is 23.7 Å². The van der Waals surface area contributed by atoms with Crippen LogP contribution >= 0.6 is 22.7 Å². The van der Waals surface area contributed by atoms with Gasteiger partial charge in [-0.05, 0) is 30.2 Å². The normalized spacial score (nSPS) is 12.0. The number of amides is 3. The van der Waals surface area contributed by atoms with E-state index in [0.717, 1.165) is 10.6 Å². The Morgan fingerprint density at radius 3 is 2.22 bits per heavy atom. The summed E-state index contributed by atoms with van der Waals surface area (Å²) in [7, 11) is 0. The highest BCUT2D eigenvalue weighted by molar-refractivity contribution is 7.14. The molecule has 0 aromatic carbocycles. The van der Waals surface area contributed by atoms with Crippen LogP contribution in [0.4, 0.5) is 17.0 Å². The largest absolute Gasteiger partial charge is 0.306 e. The minimum absolute atomic E-state index is 0.0112. The zero-order valence-electron chi connectivity index (χ0n) is 26.8. The second kappa shape index (κ2) is 14.2. The predicted molar refractivity (Wildman–Crippen MR) is 184 cm³/mol. The molecule has 0 aliphatic carbocycles. The average Bonchev–Trinajstić information content (AvgIpc) is 3.90. The average molecular weight is 698 g/mol. The zero-order valence-corrected chi connectivity index (χ0v) is 28.4. The van der Waals surface area contributed by atoms with Crippen LogP contribution in [-0.4, -0.2) is 68.0 Å². The van der Waals surface area contributed by atoms with Crippen molar-refractivity contribution in [1.82, 2.24) is 50.3 Å². The lowest BCUT2D eigenvalue weighted by molar-refractivity contribution is -0.119. The van der Waals surface area contributed by atoms with Crippen molar-refractivity contribution in [2.24, 2.45) is 5.92 Å². The molecule has 49 heavy (non-hydrogen) atoms. The van der Waals surface area contributed by atoms with Gasteiger partial charge < -0.3 is 15.3 Å². The van der Waals surface area contributed by atoms with E-state index in [9.17, 15) is 14.4 Å². The smallest absolute Gasteiger partial charge is 0.277 e. The fourth-order valence-corrected chi connectivity index (χ4v) is 6.01. The molecule has 250 valence electrons. The van der Waals surface area contributed by atoms with Gasteiger partial charge in [-0.15, -0.1) is 43.1 Å². The van der Waals surface area contributed by atoms with Crippen LogP contribution in [0.15, 0.2) is 53.5 Å². The summed E-state index contributed by atoms with van der Waals surface area (Å²) in [6, 6.07) is 9.01. The molecule has 1 atom stereocenters. The van der Waals surface area contributed by atoms with E-state index in [1.165, 1.54) is 22.7 Å². The SMILES string of the molecule is CC(Cc1ccc(-c2nnc(NC(=O)c3csc(C(C)(C)C)n3)[nH]2)nc1)C(=O)Nc1nc(CC(=O)Nc2nnc(-c3ccccn3)[nH]2)cs1. The summed E-state index contributed by atoms with van der Waals surface area (Å²) in [6.45, 7) is 7.92. The number of thiazole rings is 2. The van der Waals surface area contributed by atoms with Crippen molar-refractivity contribution in [1.29, 1.82) is 0 Å². The van der Waals surface area contributed by atoms with Crippen molar-refractivity contribution in [3.63, 3.8) is 0 Å². The lowest BCUT2D eigenvalue weighted by Crippen LogP contribution is -2.22. The number of pyridine rings is 2. The third kappa shape index (κ3) is 8.40. The highest BCUT2D eigenvalue weighted by atomic mass is 32.1. The second-order valence-electron chi connectivity index (χ2n) is 12.0. The third-order valence-corrected chi connectivity index (χ3v) is 9.00. The van der Waals surface area contributed by atoms with Gasteiger partial charge in [0.25, 0.3) is 5.91 Å². The molecule has 0 bridgehead atoms. The van der Waals surface area contributed by atoms with E-state index < -0.39 is 0 Å². The first kappa shape index (κ1) is 33.2. The monoisotopic (exact) mass is 697 g/mol. The summed E-state index contributed by atoms with van der Waals surface area (Å²) in [5.74, 6) is -0.146. The number of carbonyl (C=O) groups excluding carboxylic acids is 3. The van der Waals surface area contributed by atoms with Crippen molar-refractivity contribution in [3.05, 3.63) is 75.4 Å². The van der Waals surface area contributed by atoms with E-state index in [2.05, 4.69) is 66.2 Å². The standard InChI is InChI=1S/C31H31N13O3S2/c1-16(25(46)40-30-34-18(14-49-30)12-22(45)36-28-37-23(41-43-28)19-7-5-6-10-32-19)11-17-8-9-20(33-13-17)24-38-29(44-42-24)39-26(47)21-15-48-27(35-21)31(2,3)4/h5-10,13-16H,11-12H2,1-4H3,(H,34,40,46)(H2,36,37,41,43,45)(H2,38,39,42,44,47). The molecule has 6 heterocycles. The number of aromatic amines is 2. The van der Waals surface area contributed by atoms with Crippen LogP contribution in [0.3, 0.4) is 0 Å². The number of hydrogen-bond donors (Lipinski definition) is 5. The summed E-state index contributed by atoms with van der Waals surface area (Å²) in [5, 5.41) is 28.9. The van der Waals surface area contributed by atoms with Crippen molar-refractivity contribution in [2.75, 3.05) is 16.0 Å². The van der Waals surface area contributed by atoms with Gasteiger partial charge in [-0.2, -0.15) is 0 Å². The molecule has 0 aliphatic heterocycles. The Morgan fingerprint density at radius 2 is 1.57 bits per heavy atom. The first-order valence-corrected chi connectivity index (χ1v) is 16.8. The summed E-state index contributed by atoms with van der Waals surface area (Å²) in [4.78, 5) is 61.4. The van der Waals surface area contributed by atoms with Gasteiger partial charge in [0.05, 0.1) is 17.1 Å². The molecule has 0 saturated carbocycles. The van der Waals surface area contributed by atoms with E-state index in [0.29, 0.717) is 46.0 Å². The molecule has 0 aliphatic rings. The number of anilines is 3. The summed E-state index contributed by atoms with van der Waals surface area (Å²) < 4.78 is 0. The number of nitrogens with one attached hydrogen (secondary N) is 5. The van der Waals surface area contributed by atoms with E-state index in [1.54, 1.807) is 48.3 Å². The number of hydrogen-bond acceptors (Lipinski definition) is 13. The molecule has 0 saturated heterocycles. The molecule has 6 rings (SSSR count). The van der Waals surface area contributed by atoms with Crippen molar-refractivity contribution >= 4 is 57.4 Å². The molecule has 1 unspecified atom stereocenters. The first-order valence-electron chi connectivity index (χ1n) is 15.0. The van der Waals surface area contributed by atoms with Crippen molar-refractivity contribution < 1.29 is 14.4 Å². The predicted octanol–water partition coefficient (Wildman–Crippen LogP) is 4.51. The van der Waals surface area contributed by atoms with Crippen LogP contribution in [0.1, 0.15) is 54.4 Å².